The van der Waals surface area contributed by atoms with Crippen LogP contribution in [0.3, 0.4) is 0 Å². The lowest BCUT2D eigenvalue weighted by Crippen LogP contribution is -2.35. The molecule has 0 aromatic carbocycles. The van der Waals surface area contributed by atoms with Gasteiger partial charge in [-0.3, -0.25) is 0 Å². The van der Waals surface area contributed by atoms with Crippen molar-refractivity contribution in [3.8, 4) is 0 Å². The summed E-state index contributed by atoms with van der Waals surface area (Å²) in [5, 5.41) is 3.52. The number of hydrogen-bond acceptors (Lipinski definition) is 2. The Kier molecular flexibility index (Phi) is 8.20. The molecule has 14 heavy (non-hydrogen) atoms. The summed E-state index contributed by atoms with van der Waals surface area (Å²) in [6.45, 7) is 12.8. The third kappa shape index (κ3) is 7.34. The van der Waals surface area contributed by atoms with Crippen molar-refractivity contribution in [2.45, 2.75) is 59.6 Å². The van der Waals surface area contributed by atoms with Crippen LogP contribution < -0.4 is 5.32 Å². The Morgan fingerprint density at radius 3 is 2.07 bits per heavy atom. The summed E-state index contributed by atoms with van der Waals surface area (Å²) in [5.41, 5.74) is 0. The summed E-state index contributed by atoms with van der Waals surface area (Å²) in [7, 11) is 0. The van der Waals surface area contributed by atoms with Crippen LogP contribution in [0.1, 0.15) is 47.5 Å². The number of ether oxygens (including phenoxy) is 1. The van der Waals surface area contributed by atoms with Gasteiger partial charge < -0.3 is 10.1 Å². The van der Waals surface area contributed by atoms with Crippen LogP contribution in [-0.4, -0.2) is 25.3 Å². The van der Waals surface area contributed by atoms with E-state index >= 15 is 0 Å². The molecule has 0 aromatic heterocycles. The first kappa shape index (κ1) is 13.9. The first-order valence-corrected chi connectivity index (χ1v) is 5.95. The number of hydrogen-bond donors (Lipinski definition) is 1. The second-order valence-corrected chi connectivity index (χ2v) is 4.46. The second-order valence-electron chi connectivity index (χ2n) is 4.46. The lowest BCUT2D eigenvalue weighted by Gasteiger charge is -2.19. The maximum atomic E-state index is 5.68. The summed E-state index contributed by atoms with van der Waals surface area (Å²) in [4.78, 5) is 0. The molecule has 0 spiro atoms. The maximum Gasteiger partial charge on any atom is 0.0671 e. The summed E-state index contributed by atoms with van der Waals surface area (Å²) in [6, 6.07) is 0.653. The highest BCUT2D eigenvalue weighted by molar-refractivity contribution is 4.65. The molecular formula is C12H27NO. The lowest BCUT2D eigenvalue weighted by atomic mass is 10.1. The van der Waals surface area contributed by atoms with Crippen molar-refractivity contribution in [2.24, 2.45) is 5.92 Å². The van der Waals surface area contributed by atoms with Gasteiger partial charge in [0.2, 0.25) is 0 Å². The third-order valence-electron chi connectivity index (χ3n) is 2.39. The first-order chi connectivity index (χ1) is 6.60. The maximum absolute atomic E-state index is 5.68. The first-order valence-electron chi connectivity index (χ1n) is 5.95. The van der Waals surface area contributed by atoms with Crippen LogP contribution in [-0.2, 0) is 4.74 Å². The highest BCUT2D eigenvalue weighted by atomic mass is 16.5. The molecule has 0 amide bonds. The van der Waals surface area contributed by atoms with Gasteiger partial charge in [-0.15, -0.1) is 0 Å². The molecule has 0 aliphatic rings. The Labute approximate surface area is 89.4 Å². The molecule has 2 nitrogen and oxygen atoms in total. The minimum atomic E-state index is 0.331. The Bertz CT molecular complexity index is 121. The van der Waals surface area contributed by atoms with Gasteiger partial charge >= 0.3 is 0 Å². The van der Waals surface area contributed by atoms with E-state index in [1.54, 1.807) is 0 Å². The molecule has 0 saturated heterocycles. The molecule has 0 aromatic rings. The van der Waals surface area contributed by atoms with Crippen molar-refractivity contribution in [3.05, 3.63) is 0 Å². The Morgan fingerprint density at radius 1 is 1.07 bits per heavy atom. The molecule has 0 saturated carbocycles. The molecule has 1 unspecified atom stereocenters. The van der Waals surface area contributed by atoms with Crippen LogP contribution in [0.2, 0.25) is 0 Å². The summed E-state index contributed by atoms with van der Waals surface area (Å²) < 4.78 is 5.68. The van der Waals surface area contributed by atoms with Crippen molar-refractivity contribution in [1.29, 1.82) is 0 Å². The zero-order valence-electron chi connectivity index (χ0n) is 10.5. The van der Waals surface area contributed by atoms with Crippen LogP contribution >= 0.6 is 0 Å². The van der Waals surface area contributed by atoms with Gasteiger partial charge in [0.05, 0.1) is 6.10 Å². The van der Waals surface area contributed by atoms with E-state index in [1.807, 2.05) is 0 Å². The van der Waals surface area contributed by atoms with E-state index in [0.29, 0.717) is 18.1 Å². The molecule has 2 heteroatoms. The minimum Gasteiger partial charge on any atom is -0.377 e. The van der Waals surface area contributed by atoms with Crippen molar-refractivity contribution in [3.63, 3.8) is 0 Å². The Hall–Kier alpha value is -0.0800. The van der Waals surface area contributed by atoms with Crippen LogP contribution in [0.4, 0.5) is 0 Å². The van der Waals surface area contributed by atoms with Crippen LogP contribution in [0, 0.1) is 5.92 Å². The predicted octanol–water partition coefficient (Wildman–Crippen LogP) is 2.83. The van der Waals surface area contributed by atoms with E-state index in [9.17, 15) is 0 Å². The van der Waals surface area contributed by atoms with Gasteiger partial charge in [0.25, 0.3) is 0 Å². The van der Waals surface area contributed by atoms with E-state index in [4.69, 9.17) is 4.74 Å². The van der Waals surface area contributed by atoms with E-state index in [0.717, 1.165) is 13.2 Å². The molecule has 0 aliphatic carbocycles. The van der Waals surface area contributed by atoms with Gasteiger partial charge in [-0.1, -0.05) is 27.7 Å². The van der Waals surface area contributed by atoms with Gasteiger partial charge in [0.1, 0.15) is 0 Å². The zero-order valence-corrected chi connectivity index (χ0v) is 10.5. The van der Waals surface area contributed by atoms with Crippen LogP contribution in [0.25, 0.3) is 0 Å². The lowest BCUT2D eigenvalue weighted by molar-refractivity contribution is 0.0459. The summed E-state index contributed by atoms with van der Waals surface area (Å²) in [6.07, 6.45) is 2.74. The van der Waals surface area contributed by atoms with Gasteiger partial charge in [-0.25, -0.2) is 0 Å². The normalized spacial score (nSPS) is 13.9. The van der Waals surface area contributed by atoms with Crippen LogP contribution in [0.15, 0.2) is 0 Å². The van der Waals surface area contributed by atoms with E-state index in [1.165, 1.54) is 12.8 Å². The molecule has 0 rings (SSSR count). The fourth-order valence-electron chi connectivity index (χ4n) is 1.33. The quantitative estimate of drug-likeness (QED) is 0.652. The molecule has 0 radical (unpaired) electrons. The smallest absolute Gasteiger partial charge is 0.0671 e. The number of nitrogens with one attached hydrogen (secondary N) is 1. The van der Waals surface area contributed by atoms with Gasteiger partial charge in [0.15, 0.2) is 0 Å². The van der Waals surface area contributed by atoms with Crippen molar-refractivity contribution in [2.75, 3.05) is 13.2 Å². The fraction of sp³-hybridized carbons (Fsp3) is 1.00. The van der Waals surface area contributed by atoms with Gasteiger partial charge in [-0.2, -0.15) is 0 Å². The third-order valence-corrected chi connectivity index (χ3v) is 2.39. The van der Waals surface area contributed by atoms with Crippen LogP contribution in [0.5, 0.6) is 0 Å². The molecule has 0 aliphatic heterocycles. The predicted molar refractivity (Wildman–Crippen MR) is 62.6 cm³/mol. The minimum absolute atomic E-state index is 0.331. The van der Waals surface area contributed by atoms with Crippen molar-refractivity contribution >= 4 is 0 Å². The van der Waals surface area contributed by atoms with E-state index < -0.39 is 0 Å². The Morgan fingerprint density at radius 2 is 1.64 bits per heavy atom. The molecule has 0 heterocycles. The topological polar surface area (TPSA) is 21.3 Å². The summed E-state index contributed by atoms with van der Waals surface area (Å²) >= 11 is 0. The van der Waals surface area contributed by atoms with Gasteiger partial charge in [-0.05, 0) is 25.7 Å². The van der Waals surface area contributed by atoms with E-state index in [2.05, 4.69) is 39.9 Å². The highest BCUT2D eigenvalue weighted by Crippen LogP contribution is 1.99. The molecule has 1 N–H and O–H groups in total. The second kappa shape index (κ2) is 8.25. The standard InChI is InChI=1S/C12H27NO/c1-6-12(7-2)13-8-11(5)14-9-10(3)4/h10-13H,6-9H2,1-5H3. The average molecular weight is 201 g/mol. The van der Waals surface area contributed by atoms with Gasteiger partial charge in [0, 0.05) is 19.2 Å². The molecule has 0 fully saturated rings. The van der Waals surface area contributed by atoms with Crippen molar-refractivity contribution < 1.29 is 4.74 Å². The van der Waals surface area contributed by atoms with Crippen molar-refractivity contribution in [1.82, 2.24) is 5.32 Å². The SMILES string of the molecule is CCC(CC)NCC(C)OCC(C)C. The molecule has 0 bridgehead atoms. The molecule has 86 valence electrons. The average Bonchev–Trinajstić information content (AvgIpc) is 2.16. The Balaban J connectivity index is 3.46. The highest BCUT2D eigenvalue weighted by Gasteiger charge is 2.06. The molecular weight excluding hydrogens is 174 g/mol. The molecule has 1 atom stereocenters. The zero-order chi connectivity index (χ0) is 11.0. The summed E-state index contributed by atoms with van der Waals surface area (Å²) in [5.74, 6) is 0.630. The van der Waals surface area contributed by atoms with E-state index in [-0.39, 0.29) is 0 Å². The number of rotatable bonds is 8. The largest absolute Gasteiger partial charge is 0.377 e. The fourth-order valence-corrected chi connectivity index (χ4v) is 1.33. The monoisotopic (exact) mass is 201 g/mol.